The van der Waals surface area contributed by atoms with E-state index >= 15 is 0 Å². The van der Waals surface area contributed by atoms with Crippen molar-refractivity contribution in [3.8, 4) is 17.6 Å². The average molecular weight is 541 g/mol. The molecule has 2 aliphatic rings. The molecule has 0 N–H and O–H groups in total. The largest absolute Gasteiger partial charge is 0.457 e. The topological polar surface area (TPSA) is 9.23 Å². The molecule has 0 bridgehead atoms. The zero-order chi connectivity index (χ0) is 27.7. The molecule has 2 aliphatic carbocycles. The second-order valence-electron chi connectivity index (χ2n) is 11.4. The molecule has 2 aromatic rings. The van der Waals surface area contributed by atoms with Gasteiger partial charge in [-0.25, -0.2) is 0 Å². The standard InChI is InChI=1S/C34H40F4O/c1-2-3-4-25-5-7-26(8-6-25)9-10-27-13-19-30(20-14-27)31-21-15-28(16-22-31)11-12-29-17-23-32(24-18-29)39-33(35)34(36,37)38/h2,15-18,21-27,30,33H,1,3-10,13-14,19-20H2/t25-,26-,27-,30-,33?. The summed E-state index contributed by atoms with van der Waals surface area (Å²) in [6, 6.07) is 14.0. The number of benzene rings is 2. The Bertz CT molecular complexity index is 1080. The number of allylic oxidation sites excluding steroid dienone is 1. The summed E-state index contributed by atoms with van der Waals surface area (Å²) in [5.41, 5.74) is 2.88. The molecular formula is C34H40F4O. The summed E-state index contributed by atoms with van der Waals surface area (Å²) in [6.07, 6.45) is 9.83. The van der Waals surface area contributed by atoms with Crippen LogP contribution in [-0.4, -0.2) is 12.5 Å². The van der Waals surface area contributed by atoms with Crippen molar-refractivity contribution in [2.24, 2.45) is 17.8 Å². The van der Waals surface area contributed by atoms with Crippen LogP contribution in [-0.2, 0) is 0 Å². The number of rotatable bonds is 9. The number of hydrogen-bond acceptors (Lipinski definition) is 1. The van der Waals surface area contributed by atoms with Crippen molar-refractivity contribution in [3.05, 3.63) is 77.9 Å². The summed E-state index contributed by atoms with van der Waals surface area (Å²) in [7, 11) is 0. The van der Waals surface area contributed by atoms with Crippen LogP contribution in [0.4, 0.5) is 17.6 Å². The van der Waals surface area contributed by atoms with Gasteiger partial charge in [-0.1, -0.05) is 68.6 Å². The van der Waals surface area contributed by atoms with Crippen LogP contribution in [0.3, 0.4) is 0 Å². The van der Waals surface area contributed by atoms with Crippen molar-refractivity contribution in [2.45, 2.75) is 95.5 Å². The molecule has 1 unspecified atom stereocenters. The van der Waals surface area contributed by atoms with E-state index in [0.717, 1.165) is 23.3 Å². The molecule has 2 fully saturated rings. The second kappa shape index (κ2) is 14.1. The lowest BCUT2D eigenvalue weighted by Crippen LogP contribution is -2.29. The first-order valence-corrected chi connectivity index (χ1v) is 14.5. The molecule has 5 heteroatoms. The molecule has 2 saturated carbocycles. The van der Waals surface area contributed by atoms with Gasteiger partial charge in [0.05, 0.1) is 0 Å². The van der Waals surface area contributed by atoms with Gasteiger partial charge in [-0.3, -0.25) is 0 Å². The predicted molar refractivity (Wildman–Crippen MR) is 149 cm³/mol. The first kappa shape index (κ1) is 29.2. The zero-order valence-electron chi connectivity index (χ0n) is 22.7. The van der Waals surface area contributed by atoms with Crippen LogP contribution >= 0.6 is 0 Å². The van der Waals surface area contributed by atoms with Crippen LogP contribution in [0.2, 0.25) is 0 Å². The van der Waals surface area contributed by atoms with Gasteiger partial charge in [0, 0.05) is 11.1 Å². The van der Waals surface area contributed by atoms with Gasteiger partial charge in [0.15, 0.2) is 0 Å². The number of alkyl halides is 4. The van der Waals surface area contributed by atoms with Gasteiger partial charge < -0.3 is 4.74 Å². The lowest BCUT2D eigenvalue weighted by atomic mass is 9.74. The molecule has 0 saturated heterocycles. The van der Waals surface area contributed by atoms with Crippen molar-refractivity contribution in [1.29, 1.82) is 0 Å². The van der Waals surface area contributed by atoms with Crippen molar-refractivity contribution < 1.29 is 22.3 Å². The van der Waals surface area contributed by atoms with E-state index in [0.29, 0.717) is 11.5 Å². The summed E-state index contributed by atoms with van der Waals surface area (Å²) in [5, 5.41) is 0. The first-order chi connectivity index (χ1) is 18.8. The van der Waals surface area contributed by atoms with Crippen LogP contribution in [0, 0.1) is 29.6 Å². The van der Waals surface area contributed by atoms with E-state index in [1.807, 2.05) is 12.1 Å². The first-order valence-electron chi connectivity index (χ1n) is 14.5. The zero-order valence-corrected chi connectivity index (χ0v) is 22.7. The van der Waals surface area contributed by atoms with Crippen molar-refractivity contribution in [2.75, 3.05) is 0 Å². The molecule has 39 heavy (non-hydrogen) atoms. The SMILES string of the molecule is C=CCC[C@H]1CC[C@H](CC[C@H]2CC[C@H](c3ccc(C#Cc4ccc(OC(F)C(F)(F)F)cc4)cc3)CC2)CC1. The van der Waals surface area contributed by atoms with Crippen LogP contribution < -0.4 is 4.74 Å². The highest BCUT2D eigenvalue weighted by atomic mass is 19.4. The van der Waals surface area contributed by atoms with Crippen LogP contribution in [0.5, 0.6) is 5.75 Å². The Morgan fingerprint density at radius 3 is 1.69 bits per heavy atom. The highest BCUT2D eigenvalue weighted by Gasteiger charge is 2.42. The molecule has 0 heterocycles. The van der Waals surface area contributed by atoms with E-state index in [4.69, 9.17) is 0 Å². The predicted octanol–water partition coefficient (Wildman–Crippen LogP) is 10.1. The number of hydrogen-bond donors (Lipinski definition) is 0. The fourth-order valence-electron chi connectivity index (χ4n) is 6.20. The van der Waals surface area contributed by atoms with Gasteiger partial charge in [-0.15, -0.1) is 6.58 Å². The van der Waals surface area contributed by atoms with Gasteiger partial charge in [0.25, 0.3) is 0 Å². The summed E-state index contributed by atoms with van der Waals surface area (Å²) in [5.74, 6) is 9.28. The smallest absolute Gasteiger partial charge is 0.452 e. The third-order valence-electron chi connectivity index (χ3n) is 8.66. The average Bonchev–Trinajstić information content (AvgIpc) is 2.95. The fourth-order valence-corrected chi connectivity index (χ4v) is 6.20. The van der Waals surface area contributed by atoms with Gasteiger partial charge >= 0.3 is 12.5 Å². The van der Waals surface area contributed by atoms with E-state index in [1.165, 1.54) is 107 Å². The minimum absolute atomic E-state index is 0.188. The quantitative estimate of drug-likeness (QED) is 0.175. The van der Waals surface area contributed by atoms with Crippen LogP contribution in [0.25, 0.3) is 0 Å². The molecule has 4 rings (SSSR count). The van der Waals surface area contributed by atoms with Crippen molar-refractivity contribution in [3.63, 3.8) is 0 Å². The Hall–Kier alpha value is -2.74. The van der Waals surface area contributed by atoms with E-state index in [-0.39, 0.29) is 5.75 Å². The lowest BCUT2D eigenvalue weighted by molar-refractivity contribution is -0.236. The normalized spacial score (nSPS) is 24.3. The number of ether oxygens (including phenoxy) is 1. The summed E-state index contributed by atoms with van der Waals surface area (Å²) in [4.78, 5) is 0. The Kier molecular flexibility index (Phi) is 10.5. The minimum Gasteiger partial charge on any atom is -0.452 e. The Morgan fingerprint density at radius 2 is 1.21 bits per heavy atom. The molecule has 0 aromatic heterocycles. The molecule has 1 atom stereocenters. The molecule has 1 nitrogen and oxygen atoms in total. The van der Waals surface area contributed by atoms with E-state index in [2.05, 4.69) is 41.4 Å². The molecule has 0 spiro atoms. The monoisotopic (exact) mass is 540 g/mol. The fraction of sp³-hybridized carbons (Fsp3) is 0.529. The maximum atomic E-state index is 13.0. The maximum absolute atomic E-state index is 13.0. The Balaban J connectivity index is 1.18. The van der Waals surface area contributed by atoms with Crippen molar-refractivity contribution >= 4 is 0 Å². The van der Waals surface area contributed by atoms with Gasteiger partial charge in [0.1, 0.15) is 5.75 Å². The van der Waals surface area contributed by atoms with Crippen molar-refractivity contribution in [1.82, 2.24) is 0 Å². The molecule has 0 aliphatic heterocycles. The minimum atomic E-state index is -5.05. The maximum Gasteiger partial charge on any atom is 0.457 e. The third kappa shape index (κ3) is 9.16. The molecule has 0 radical (unpaired) electrons. The van der Waals surface area contributed by atoms with E-state index in [9.17, 15) is 17.6 Å². The molecule has 2 aromatic carbocycles. The summed E-state index contributed by atoms with van der Waals surface area (Å²) >= 11 is 0. The Labute approximate surface area is 231 Å². The van der Waals surface area contributed by atoms with Gasteiger partial charge in [-0.2, -0.15) is 17.6 Å². The highest BCUT2D eigenvalue weighted by molar-refractivity contribution is 5.45. The van der Waals surface area contributed by atoms with E-state index < -0.39 is 12.5 Å². The molecule has 210 valence electrons. The van der Waals surface area contributed by atoms with E-state index in [1.54, 1.807) is 0 Å². The van der Waals surface area contributed by atoms with Crippen LogP contribution in [0.1, 0.15) is 99.7 Å². The lowest BCUT2D eigenvalue weighted by Gasteiger charge is -2.32. The molecule has 0 amide bonds. The van der Waals surface area contributed by atoms with Gasteiger partial charge in [0.2, 0.25) is 0 Å². The van der Waals surface area contributed by atoms with Crippen LogP contribution in [0.15, 0.2) is 61.2 Å². The molecular weight excluding hydrogens is 500 g/mol. The summed E-state index contributed by atoms with van der Waals surface area (Å²) < 4.78 is 54.2. The highest BCUT2D eigenvalue weighted by Crippen LogP contribution is 2.40. The number of halogens is 4. The third-order valence-corrected chi connectivity index (χ3v) is 8.66. The second-order valence-corrected chi connectivity index (χ2v) is 11.4. The Morgan fingerprint density at radius 1 is 0.744 bits per heavy atom. The summed E-state index contributed by atoms with van der Waals surface area (Å²) in [6.45, 7) is 3.86. The van der Waals surface area contributed by atoms with Gasteiger partial charge in [-0.05, 0) is 104 Å².